The molecule has 186 valence electrons. The van der Waals surface area contributed by atoms with E-state index in [4.69, 9.17) is 15.7 Å². The summed E-state index contributed by atoms with van der Waals surface area (Å²) >= 11 is 0. The van der Waals surface area contributed by atoms with E-state index in [0.717, 1.165) is 42.8 Å². The van der Waals surface area contributed by atoms with Gasteiger partial charge in [0.05, 0.1) is 24.9 Å². The van der Waals surface area contributed by atoms with Crippen LogP contribution in [0.15, 0.2) is 51.8 Å². The highest BCUT2D eigenvalue weighted by atomic mass is 19.1. The van der Waals surface area contributed by atoms with Gasteiger partial charge in [-0.3, -0.25) is 4.98 Å². The van der Waals surface area contributed by atoms with Crippen LogP contribution >= 0.6 is 0 Å². The number of hydrogen-bond acceptors (Lipinski definition) is 7. The van der Waals surface area contributed by atoms with E-state index in [0.29, 0.717) is 45.5 Å². The van der Waals surface area contributed by atoms with Crippen LogP contribution in [-0.2, 0) is 6.54 Å². The van der Waals surface area contributed by atoms with Crippen molar-refractivity contribution in [1.82, 2.24) is 20.3 Å². The quantitative estimate of drug-likeness (QED) is 0.268. The first-order valence-electron chi connectivity index (χ1n) is 12.0. The molecule has 1 saturated heterocycles. The zero-order valence-corrected chi connectivity index (χ0v) is 20.0. The summed E-state index contributed by atoms with van der Waals surface area (Å²) in [4.78, 5) is 30.4. The molecule has 9 nitrogen and oxygen atoms in total. The van der Waals surface area contributed by atoms with Gasteiger partial charge >= 0.3 is 5.63 Å². The number of fused-ring (bicyclic) bond motifs is 4. The number of methoxy groups -OCH3 is 1. The normalized spacial score (nSPS) is 14.5. The number of pyridine rings is 2. The maximum Gasteiger partial charge on any atom is 0.360 e. The summed E-state index contributed by atoms with van der Waals surface area (Å²) in [5.74, 6) is 0.101. The lowest BCUT2D eigenvalue weighted by Crippen LogP contribution is -2.42. The van der Waals surface area contributed by atoms with Gasteiger partial charge in [0.1, 0.15) is 22.4 Å². The number of piperidine rings is 1. The summed E-state index contributed by atoms with van der Waals surface area (Å²) in [6.07, 6.45) is 3.33. The van der Waals surface area contributed by atoms with Crippen molar-refractivity contribution >= 4 is 44.3 Å². The Kier molecular flexibility index (Phi) is 5.70. The number of aromatic amines is 1. The van der Waals surface area contributed by atoms with Gasteiger partial charge in [-0.2, -0.15) is 0 Å². The summed E-state index contributed by atoms with van der Waals surface area (Å²) < 4.78 is 24.4. The maximum atomic E-state index is 13.8. The highest BCUT2D eigenvalue weighted by Crippen LogP contribution is 2.36. The van der Waals surface area contributed by atoms with Crippen molar-refractivity contribution in [3.8, 4) is 5.88 Å². The number of benzene rings is 1. The van der Waals surface area contributed by atoms with Crippen molar-refractivity contribution in [3.05, 3.63) is 75.9 Å². The Morgan fingerprint density at radius 2 is 2.08 bits per heavy atom. The van der Waals surface area contributed by atoms with Crippen LogP contribution in [0, 0.1) is 12.4 Å². The first-order valence-corrected chi connectivity index (χ1v) is 12.0. The first kappa shape index (κ1) is 22.9. The molecule has 5 heterocycles. The Morgan fingerprint density at radius 3 is 2.86 bits per heavy atom. The Morgan fingerprint density at radius 1 is 1.24 bits per heavy atom. The highest BCUT2D eigenvalue weighted by Gasteiger charge is 2.24. The Balaban J connectivity index is 1.19. The van der Waals surface area contributed by atoms with Crippen molar-refractivity contribution in [2.45, 2.75) is 25.4 Å². The number of nitrogens with one attached hydrogen (secondary N) is 2. The molecule has 5 aromatic rings. The van der Waals surface area contributed by atoms with Crippen LogP contribution in [0.1, 0.15) is 18.5 Å². The van der Waals surface area contributed by atoms with Gasteiger partial charge in [-0.25, -0.2) is 19.0 Å². The lowest BCUT2D eigenvalue weighted by molar-refractivity contribution is 0.399. The van der Waals surface area contributed by atoms with Crippen molar-refractivity contribution in [1.29, 1.82) is 0 Å². The maximum absolute atomic E-state index is 13.8. The van der Waals surface area contributed by atoms with Gasteiger partial charge in [0.15, 0.2) is 0 Å². The summed E-state index contributed by atoms with van der Waals surface area (Å²) in [7, 11) is 1.57. The summed E-state index contributed by atoms with van der Waals surface area (Å²) in [5, 5.41) is 4.78. The number of H-pyrrole nitrogens is 1. The molecule has 37 heavy (non-hydrogen) atoms. The Labute approximate surface area is 210 Å². The van der Waals surface area contributed by atoms with Crippen LogP contribution < -0.4 is 20.6 Å². The van der Waals surface area contributed by atoms with E-state index in [1.54, 1.807) is 19.4 Å². The molecular weight excluding hydrogens is 475 g/mol. The number of halogens is 1. The molecule has 1 fully saturated rings. The van der Waals surface area contributed by atoms with Crippen LogP contribution in [0.3, 0.4) is 0 Å². The van der Waals surface area contributed by atoms with Crippen LogP contribution in [0.5, 0.6) is 5.88 Å². The Hall–Kier alpha value is -4.49. The monoisotopic (exact) mass is 498 g/mol. The van der Waals surface area contributed by atoms with Crippen LogP contribution in [0.2, 0.25) is 0 Å². The van der Waals surface area contributed by atoms with Crippen LogP contribution in [-0.4, -0.2) is 41.2 Å². The number of hydrogen-bond donors (Lipinski definition) is 2. The second kappa shape index (κ2) is 9.19. The fraction of sp³-hybridized carbons (Fsp3) is 0.259. The molecule has 0 bridgehead atoms. The third-order valence-corrected chi connectivity index (χ3v) is 6.88. The minimum atomic E-state index is -0.473. The van der Waals surface area contributed by atoms with E-state index < -0.39 is 5.63 Å². The van der Waals surface area contributed by atoms with Crippen LogP contribution in [0.4, 0.5) is 15.8 Å². The second-order valence-electron chi connectivity index (χ2n) is 9.08. The predicted molar refractivity (Wildman–Crippen MR) is 139 cm³/mol. The zero-order chi connectivity index (χ0) is 25.5. The number of nitrogens with zero attached hydrogens (tertiary/aromatic N) is 4. The van der Waals surface area contributed by atoms with E-state index in [9.17, 15) is 9.18 Å². The van der Waals surface area contributed by atoms with Gasteiger partial charge in [0.25, 0.3) is 0 Å². The van der Waals surface area contributed by atoms with Crippen molar-refractivity contribution in [3.63, 3.8) is 0 Å². The zero-order valence-electron chi connectivity index (χ0n) is 20.0. The minimum Gasteiger partial charge on any atom is -0.481 e. The number of aromatic nitrogens is 3. The molecule has 1 aromatic carbocycles. The molecule has 0 aliphatic carbocycles. The molecule has 1 aliphatic heterocycles. The topological polar surface area (TPSA) is 101 Å². The van der Waals surface area contributed by atoms with E-state index in [1.807, 2.05) is 12.1 Å². The van der Waals surface area contributed by atoms with Gasteiger partial charge in [-0.1, -0.05) is 0 Å². The lowest BCUT2D eigenvalue weighted by atomic mass is 10.0. The summed E-state index contributed by atoms with van der Waals surface area (Å²) in [5.41, 5.74) is 3.70. The molecule has 4 aromatic heterocycles. The molecule has 0 spiro atoms. The second-order valence-corrected chi connectivity index (χ2v) is 9.08. The number of anilines is 1. The van der Waals surface area contributed by atoms with Crippen molar-refractivity contribution in [2.24, 2.45) is 0 Å². The van der Waals surface area contributed by atoms with Crippen molar-refractivity contribution < 1.29 is 13.5 Å². The Bertz CT molecular complexity index is 1750. The SMILES string of the molecule is [C-]#[N+]c1cnc2ccc(OC)nc2c1N1CCC(NCc2cc3c([nH]2)c(=O)oc2ccc(F)cc23)CC1. The lowest BCUT2D eigenvalue weighted by Gasteiger charge is -2.35. The summed E-state index contributed by atoms with van der Waals surface area (Å²) in [6.45, 7) is 9.66. The molecule has 0 amide bonds. The van der Waals surface area contributed by atoms with Crippen LogP contribution in [0.25, 0.3) is 37.8 Å². The molecule has 6 rings (SSSR count). The van der Waals surface area contributed by atoms with E-state index in [-0.39, 0.29) is 11.9 Å². The fourth-order valence-corrected chi connectivity index (χ4v) is 5.03. The molecule has 0 radical (unpaired) electrons. The smallest absolute Gasteiger partial charge is 0.360 e. The van der Waals surface area contributed by atoms with Gasteiger partial charge in [0, 0.05) is 54.4 Å². The molecule has 0 saturated carbocycles. The van der Waals surface area contributed by atoms with Gasteiger partial charge in [0.2, 0.25) is 11.6 Å². The average Bonchev–Trinajstić information content (AvgIpc) is 3.37. The number of rotatable bonds is 5. The van der Waals surface area contributed by atoms with Crippen molar-refractivity contribution in [2.75, 3.05) is 25.1 Å². The third-order valence-electron chi connectivity index (χ3n) is 6.88. The number of ether oxygens (including phenoxy) is 1. The van der Waals surface area contributed by atoms with E-state index in [1.165, 1.54) is 18.2 Å². The average molecular weight is 499 g/mol. The highest BCUT2D eigenvalue weighted by molar-refractivity contribution is 6.03. The largest absolute Gasteiger partial charge is 0.481 e. The predicted octanol–water partition coefficient (Wildman–Crippen LogP) is 4.67. The summed E-state index contributed by atoms with van der Waals surface area (Å²) in [6, 6.07) is 9.88. The molecule has 10 heteroatoms. The fourth-order valence-electron chi connectivity index (χ4n) is 5.03. The van der Waals surface area contributed by atoms with Gasteiger partial charge < -0.3 is 24.4 Å². The molecule has 0 unspecified atom stereocenters. The molecular formula is C27H23FN6O3. The first-order chi connectivity index (χ1) is 18.0. The molecule has 2 N–H and O–H groups in total. The third kappa shape index (κ3) is 4.13. The minimum absolute atomic E-state index is 0.250. The van der Waals surface area contributed by atoms with Gasteiger partial charge in [-0.05, 0) is 43.2 Å². The molecule has 1 aliphatic rings. The van der Waals surface area contributed by atoms with E-state index in [2.05, 4.69) is 30.0 Å². The molecule has 0 atom stereocenters. The standard InChI is InChI=1S/C27H23FN6O3/c1-29-21-14-31-20-4-6-23(36-2)33-25(20)26(21)34-9-7-16(8-10-34)30-13-17-12-19-18-11-15(28)3-5-22(18)37-27(35)24(19)32-17/h3-6,11-12,14,16,30,32H,7-10,13H2,2H3. The van der Waals surface area contributed by atoms with Gasteiger partial charge in [-0.15, -0.1) is 0 Å². The van der Waals surface area contributed by atoms with E-state index >= 15 is 0 Å².